The first-order valence-electron chi connectivity index (χ1n) is 7.69. The Morgan fingerprint density at radius 2 is 1.96 bits per heavy atom. The molecule has 0 bridgehead atoms. The average Bonchev–Trinajstić information content (AvgIpc) is 2.90. The van der Waals surface area contributed by atoms with Gasteiger partial charge in [-0.2, -0.15) is 0 Å². The van der Waals surface area contributed by atoms with Gasteiger partial charge in [-0.05, 0) is 31.6 Å². The minimum Gasteiger partial charge on any atom is -0.462 e. The standard InChI is InChI=1S/C18H17ClN2O5/c1-3-25-18(24)14-10(2)26-17(15(14)16(20)23)21-13(22)9-8-11-6-4-5-7-12(11)19/h4-9H,3H2,1-2H3,(H2,20,23)(H,21,22)/b9-8+. The van der Waals surface area contributed by atoms with Gasteiger partial charge in [-0.3, -0.25) is 14.9 Å². The monoisotopic (exact) mass is 376 g/mol. The van der Waals surface area contributed by atoms with Crippen molar-refractivity contribution in [2.24, 2.45) is 5.73 Å². The maximum Gasteiger partial charge on any atom is 0.342 e. The highest BCUT2D eigenvalue weighted by Crippen LogP contribution is 2.27. The molecule has 8 heteroatoms. The molecule has 2 rings (SSSR count). The van der Waals surface area contributed by atoms with E-state index in [1.54, 1.807) is 31.2 Å². The molecular formula is C18H17ClN2O5. The number of furan rings is 1. The molecule has 2 amide bonds. The van der Waals surface area contributed by atoms with Gasteiger partial charge in [-0.25, -0.2) is 4.79 Å². The summed E-state index contributed by atoms with van der Waals surface area (Å²) in [6, 6.07) is 6.96. The van der Waals surface area contributed by atoms with Gasteiger partial charge in [-0.15, -0.1) is 0 Å². The molecule has 0 radical (unpaired) electrons. The fourth-order valence-corrected chi connectivity index (χ4v) is 2.44. The quantitative estimate of drug-likeness (QED) is 0.594. The zero-order valence-electron chi connectivity index (χ0n) is 14.2. The van der Waals surface area contributed by atoms with Gasteiger partial charge in [-0.1, -0.05) is 29.8 Å². The van der Waals surface area contributed by atoms with Crippen LogP contribution in [0, 0.1) is 6.92 Å². The molecule has 136 valence electrons. The Morgan fingerprint density at radius 1 is 1.27 bits per heavy atom. The van der Waals surface area contributed by atoms with Crippen molar-refractivity contribution in [1.29, 1.82) is 0 Å². The number of carbonyl (C=O) groups is 3. The van der Waals surface area contributed by atoms with Crippen LogP contribution >= 0.6 is 11.6 Å². The van der Waals surface area contributed by atoms with Crippen LogP contribution in [-0.4, -0.2) is 24.4 Å². The molecule has 1 aromatic heterocycles. The van der Waals surface area contributed by atoms with Crippen LogP contribution in [0.15, 0.2) is 34.8 Å². The predicted octanol–water partition coefficient (Wildman–Crippen LogP) is 3.17. The number of esters is 1. The molecule has 26 heavy (non-hydrogen) atoms. The molecule has 0 saturated carbocycles. The first kappa shape index (κ1) is 19.3. The number of carbonyl (C=O) groups excluding carboxylic acids is 3. The lowest BCUT2D eigenvalue weighted by atomic mass is 10.1. The van der Waals surface area contributed by atoms with Gasteiger partial charge in [0.1, 0.15) is 16.9 Å². The Kier molecular flexibility index (Phi) is 6.19. The van der Waals surface area contributed by atoms with Crippen LogP contribution in [0.5, 0.6) is 0 Å². The Labute approximate surface area is 154 Å². The summed E-state index contributed by atoms with van der Waals surface area (Å²) in [4.78, 5) is 35.9. The van der Waals surface area contributed by atoms with Crippen LogP contribution in [-0.2, 0) is 9.53 Å². The molecule has 0 saturated heterocycles. The molecule has 1 aromatic carbocycles. The van der Waals surface area contributed by atoms with Crippen LogP contribution in [0.1, 0.15) is 39.0 Å². The molecule has 0 aliphatic heterocycles. The second-order valence-corrected chi connectivity index (χ2v) is 5.57. The normalized spacial score (nSPS) is 10.7. The number of hydrogen-bond donors (Lipinski definition) is 2. The van der Waals surface area contributed by atoms with E-state index in [-0.39, 0.29) is 29.4 Å². The van der Waals surface area contributed by atoms with Gasteiger partial charge in [0.2, 0.25) is 5.88 Å². The minimum absolute atomic E-state index is 0.107. The third kappa shape index (κ3) is 4.31. The van der Waals surface area contributed by atoms with E-state index >= 15 is 0 Å². The summed E-state index contributed by atoms with van der Waals surface area (Å²) < 4.78 is 10.2. The van der Waals surface area contributed by atoms with E-state index in [1.807, 2.05) is 0 Å². The molecule has 0 atom stereocenters. The number of anilines is 1. The first-order chi connectivity index (χ1) is 12.3. The van der Waals surface area contributed by atoms with Crippen LogP contribution in [0.3, 0.4) is 0 Å². The molecule has 0 unspecified atom stereocenters. The number of nitrogens with two attached hydrogens (primary N) is 1. The van der Waals surface area contributed by atoms with Gasteiger partial charge in [0.05, 0.1) is 6.61 Å². The lowest BCUT2D eigenvalue weighted by Crippen LogP contribution is -2.19. The average molecular weight is 377 g/mol. The van der Waals surface area contributed by atoms with Gasteiger partial charge in [0.15, 0.2) is 0 Å². The topological polar surface area (TPSA) is 112 Å². The Hall–Kier alpha value is -3.06. The van der Waals surface area contributed by atoms with Crippen molar-refractivity contribution in [3.05, 3.63) is 57.8 Å². The third-order valence-electron chi connectivity index (χ3n) is 3.37. The van der Waals surface area contributed by atoms with Crippen LogP contribution in [0.25, 0.3) is 6.08 Å². The van der Waals surface area contributed by atoms with Crippen molar-refractivity contribution >= 4 is 41.3 Å². The maximum atomic E-state index is 12.1. The van der Waals surface area contributed by atoms with Crippen LogP contribution in [0.4, 0.5) is 5.88 Å². The molecule has 3 N–H and O–H groups in total. The highest BCUT2D eigenvalue weighted by atomic mass is 35.5. The van der Waals surface area contributed by atoms with Crippen LogP contribution in [0.2, 0.25) is 5.02 Å². The summed E-state index contributed by atoms with van der Waals surface area (Å²) in [5.74, 6) is -2.36. The fraction of sp³-hybridized carbons (Fsp3) is 0.167. The summed E-state index contributed by atoms with van der Waals surface area (Å²) in [7, 11) is 0. The van der Waals surface area contributed by atoms with Gasteiger partial charge in [0.25, 0.3) is 11.8 Å². The molecule has 7 nitrogen and oxygen atoms in total. The number of halogens is 1. The number of ether oxygens (including phenoxy) is 1. The van der Waals surface area contributed by atoms with Gasteiger partial charge in [0, 0.05) is 11.1 Å². The van der Waals surface area contributed by atoms with E-state index in [4.69, 9.17) is 26.5 Å². The van der Waals surface area contributed by atoms with Crippen LogP contribution < -0.4 is 11.1 Å². The van der Waals surface area contributed by atoms with E-state index in [2.05, 4.69) is 5.32 Å². The highest BCUT2D eigenvalue weighted by molar-refractivity contribution is 6.32. The predicted molar refractivity (Wildman–Crippen MR) is 97.0 cm³/mol. The van der Waals surface area contributed by atoms with Crippen molar-refractivity contribution in [3.8, 4) is 0 Å². The number of hydrogen-bond acceptors (Lipinski definition) is 5. The summed E-state index contributed by atoms with van der Waals surface area (Å²) in [6.45, 7) is 3.21. The van der Waals surface area contributed by atoms with E-state index < -0.39 is 17.8 Å². The SMILES string of the molecule is CCOC(=O)c1c(C)oc(NC(=O)/C=C/c2ccccc2Cl)c1C(N)=O. The van der Waals surface area contributed by atoms with Crippen molar-refractivity contribution in [2.75, 3.05) is 11.9 Å². The zero-order chi connectivity index (χ0) is 19.3. The lowest BCUT2D eigenvalue weighted by molar-refractivity contribution is -0.111. The van der Waals surface area contributed by atoms with Gasteiger partial charge >= 0.3 is 5.97 Å². The number of benzene rings is 1. The van der Waals surface area contributed by atoms with Crippen molar-refractivity contribution < 1.29 is 23.5 Å². The smallest absolute Gasteiger partial charge is 0.342 e. The van der Waals surface area contributed by atoms with E-state index in [1.165, 1.54) is 19.1 Å². The molecule has 2 aromatic rings. The van der Waals surface area contributed by atoms with Crippen molar-refractivity contribution in [2.45, 2.75) is 13.8 Å². The number of aryl methyl sites for hydroxylation is 1. The second kappa shape index (κ2) is 8.35. The molecule has 0 aliphatic rings. The van der Waals surface area contributed by atoms with E-state index in [0.29, 0.717) is 10.6 Å². The Bertz CT molecular complexity index is 886. The zero-order valence-corrected chi connectivity index (χ0v) is 14.9. The van der Waals surface area contributed by atoms with E-state index in [0.717, 1.165) is 0 Å². The summed E-state index contributed by atoms with van der Waals surface area (Å²) in [5.41, 5.74) is 5.63. The maximum absolute atomic E-state index is 12.1. The fourth-order valence-electron chi connectivity index (χ4n) is 2.25. The van der Waals surface area contributed by atoms with Crippen molar-refractivity contribution in [3.63, 3.8) is 0 Å². The molecule has 0 spiro atoms. The highest BCUT2D eigenvalue weighted by Gasteiger charge is 2.28. The second-order valence-electron chi connectivity index (χ2n) is 5.17. The summed E-state index contributed by atoms with van der Waals surface area (Å²) >= 11 is 6.01. The van der Waals surface area contributed by atoms with Gasteiger partial charge < -0.3 is 14.9 Å². The number of amides is 2. The molecule has 0 aliphatic carbocycles. The Balaban J connectivity index is 2.27. The first-order valence-corrected chi connectivity index (χ1v) is 8.06. The third-order valence-corrected chi connectivity index (χ3v) is 3.71. The van der Waals surface area contributed by atoms with Crippen molar-refractivity contribution in [1.82, 2.24) is 0 Å². The number of primary amides is 1. The Morgan fingerprint density at radius 3 is 2.58 bits per heavy atom. The lowest BCUT2D eigenvalue weighted by Gasteiger charge is -2.03. The largest absolute Gasteiger partial charge is 0.462 e. The molecular weight excluding hydrogens is 360 g/mol. The number of nitrogens with one attached hydrogen (secondary N) is 1. The summed E-state index contributed by atoms with van der Waals surface area (Å²) in [5, 5.41) is 2.88. The number of rotatable bonds is 6. The summed E-state index contributed by atoms with van der Waals surface area (Å²) in [6.07, 6.45) is 2.72. The minimum atomic E-state index is -0.921. The van der Waals surface area contributed by atoms with E-state index in [9.17, 15) is 14.4 Å². The molecule has 0 fully saturated rings. The molecule has 1 heterocycles.